The maximum absolute atomic E-state index is 2.55. The fourth-order valence-electron chi connectivity index (χ4n) is 10.6. The van der Waals surface area contributed by atoms with Gasteiger partial charge in [0, 0.05) is 34.3 Å². The maximum Gasteiger partial charge on any atom is 0.0491 e. The lowest BCUT2D eigenvalue weighted by atomic mass is 9.82. The van der Waals surface area contributed by atoms with Crippen molar-refractivity contribution in [2.75, 3.05) is 0 Å². The Kier molecular flexibility index (Phi) is 9.39. The van der Waals surface area contributed by atoms with Crippen molar-refractivity contribution in [1.82, 2.24) is 4.57 Å². The second kappa shape index (κ2) is 15.5. The molecule has 0 amide bonds. The lowest BCUT2D eigenvalue weighted by Gasteiger charge is -2.22. The highest BCUT2D eigenvalue weighted by atomic mass is 15.0. The summed E-state index contributed by atoms with van der Waals surface area (Å²) in [5, 5.41) is 13.6. The summed E-state index contributed by atoms with van der Waals surface area (Å²) in [6, 6.07) is 73.4. The number of aryl methyl sites for hydroxylation is 3. The third-order valence-electron chi connectivity index (χ3n) is 13.6. The van der Waals surface area contributed by atoms with Crippen LogP contribution < -0.4 is 0 Å². The van der Waals surface area contributed by atoms with Crippen molar-refractivity contribution < 1.29 is 0 Å². The predicted octanol–water partition coefficient (Wildman–Crippen LogP) is 15.6. The molecule has 0 saturated heterocycles. The van der Waals surface area contributed by atoms with Crippen LogP contribution in [0.4, 0.5) is 0 Å². The van der Waals surface area contributed by atoms with Gasteiger partial charge in [-0.3, -0.25) is 0 Å². The Bertz CT molecular complexity index is 3260. The van der Waals surface area contributed by atoms with Crippen LogP contribution in [0.25, 0.3) is 64.9 Å². The zero-order valence-corrected chi connectivity index (χ0v) is 34.3. The molecule has 0 radical (unpaired) electrons. The van der Waals surface area contributed by atoms with E-state index in [1.807, 2.05) is 0 Å². The molecular formula is C59H49N. The second-order valence-electron chi connectivity index (χ2n) is 16.9. The van der Waals surface area contributed by atoms with Crippen LogP contribution in [0.15, 0.2) is 194 Å². The molecule has 0 aliphatic rings. The summed E-state index contributed by atoms with van der Waals surface area (Å²) in [5.74, 6) is 0.662. The van der Waals surface area contributed by atoms with Crippen LogP contribution in [-0.4, -0.2) is 4.57 Å². The van der Waals surface area contributed by atoms with Crippen LogP contribution in [0.2, 0.25) is 0 Å². The summed E-state index contributed by atoms with van der Waals surface area (Å²) in [7, 11) is 0. The largest absolute Gasteiger partial charge is 0.341 e. The summed E-state index contributed by atoms with van der Waals surface area (Å²) in [5.41, 5.74) is 11.1. The summed E-state index contributed by atoms with van der Waals surface area (Å²) < 4.78 is 2.51. The zero-order valence-electron chi connectivity index (χ0n) is 34.3. The van der Waals surface area contributed by atoms with Crippen LogP contribution in [0.5, 0.6) is 0 Å². The molecule has 0 aliphatic heterocycles. The quantitative estimate of drug-likeness (QED) is 0.109. The van der Waals surface area contributed by atoms with Gasteiger partial charge in [0.05, 0.1) is 0 Å². The highest BCUT2D eigenvalue weighted by Gasteiger charge is 2.21. The third-order valence-corrected chi connectivity index (χ3v) is 13.6. The van der Waals surface area contributed by atoms with Crippen molar-refractivity contribution in [3.63, 3.8) is 0 Å². The third kappa shape index (κ3) is 6.50. The molecule has 10 aromatic carbocycles. The van der Waals surface area contributed by atoms with E-state index in [0.29, 0.717) is 5.92 Å². The van der Waals surface area contributed by atoms with Gasteiger partial charge in [0.25, 0.3) is 0 Å². The van der Waals surface area contributed by atoms with Crippen molar-refractivity contribution in [3.8, 4) is 0 Å². The minimum absolute atomic E-state index is 0.273. The number of nitrogens with zero attached hydrogens (tertiary/aromatic N) is 1. The van der Waals surface area contributed by atoms with Crippen LogP contribution in [0.3, 0.4) is 0 Å². The molecule has 1 aromatic heterocycles. The number of rotatable bonds is 12. The predicted molar refractivity (Wildman–Crippen MR) is 257 cm³/mol. The average molecular weight is 772 g/mol. The SMILES string of the molecule is CCn1c2ccc(CCC(c3ccccc3)c3ccc4ccc5cccc6ccc3c4c56)cc2c2cc(C(CCc3ccccc3)Cc3cccc4ccccc34)ccc21. The summed E-state index contributed by atoms with van der Waals surface area (Å²) in [6.45, 7) is 3.22. The van der Waals surface area contributed by atoms with E-state index in [1.54, 1.807) is 0 Å². The summed E-state index contributed by atoms with van der Waals surface area (Å²) >= 11 is 0. The molecule has 0 aliphatic carbocycles. The van der Waals surface area contributed by atoms with Gasteiger partial charge in [0.1, 0.15) is 0 Å². The van der Waals surface area contributed by atoms with Gasteiger partial charge in [-0.2, -0.15) is 0 Å². The maximum atomic E-state index is 2.55. The van der Waals surface area contributed by atoms with E-state index in [2.05, 4.69) is 206 Å². The fourth-order valence-corrected chi connectivity index (χ4v) is 10.6. The van der Waals surface area contributed by atoms with Gasteiger partial charge in [-0.25, -0.2) is 0 Å². The molecule has 1 heteroatoms. The van der Waals surface area contributed by atoms with Gasteiger partial charge in [0.2, 0.25) is 0 Å². The first-order chi connectivity index (χ1) is 29.7. The van der Waals surface area contributed by atoms with E-state index in [9.17, 15) is 0 Å². The van der Waals surface area contributed by atoms with E-state index in [1.165, 1.54) is 98.3 Å². The Morgan fingerprint density at radius 1 is 0.417 bits per heavy atom. The molecule has 11 aromatic rings. The van der Waals surface area contributed by atoms with Gasteiger partial charge >= 0.3 is 0 Å². The summed E-state index contributed by atoms with van der Waals surface area (Å²) in [4.78, 5) is 0. The Hall–Kier alpha value is -6.70. The zero-order chi connectivity index (χ0) is 40.0. The molecule has 11 rings (SSSR count). The minimum atomic E-state index is 0.273. The first-order valence-corrected chi connectivity index (χ1v) is 22.0. The minimum Gasteiger partial charge on any atom is -0.341 e. The Morgan fingerprint density at radius 2 is 1.05 bits per heavy atom. The van der Waals surface area contributed by atoms with E-state index >= 15 is 0 Å². The molecule has 0 spiro atoms. The van der Waals surface area contributed by atoms with Crippen LogP contribution in [0.1, 0.15) is 65.0 Å². The van der Waals surface area contributed by atoms with Gasteiger partial charge in [0.15, 0.2) is 0 Å². The average Bonchev–Trinajstić information content (AvgIpc) is 3.62. The van der Waals surface area contributed by atoms with E-state index in [-0.39, 0.29) is 5.92 Å². The smallest absolute Gasteiger partial charge is 0.0491 e. The normalized spacial score (nSPS) is 13.0. The first kappa shape index (κ1) is 36.4. The van der Waals surface area contributed by atoms with Gasteiger partial charge in [-0.05, 0) is 146 Å². The molecule has 2 atom stereocenters. The lowest BCUT2D eigenvalue weighted by Crippen LogP contribution is -2.06. The second-order valence-corrected chi connectivity index (χ2v) is 16.9. The molecule has 2 unspecified atom stereocenters. The molecule has 290 valence electrons. The Balaban J connectivity index is 0.973. The van der Waals surface area contributed by atoms with E-state index in [0.717, 1.165) is 38.6 Å². The van der Waals surface area contributed by atoms with Crippen molar-refractivity contribution >= 4 is 64.9 Å². The molecule has 1 heterocycles. The Morgan fingerprint density at radius 3 is 1.87 bits per heavy atom. The van der Waals surface area contributed by atoms with Crippen molar-refractivity contribution in [3.05, 3.63) is 228 Å². The van der Waals surface area contributed by atoms with Crippen LogP contribution in [0, 0.1) is 0 Å². The molecular weight excluding hydrogens is 723 g/mol. The number of hydrogen-bond donors (Lipinski definition) is 0. The number of aromatic nitrogens is 1. The molecule has 0 bridgehead atoms. The molecule has 0 fully saturated rings. The van der Waals surface area contributed by atoms with E-state index < -0.39 is 0 Å². The van der Waals surface area contributed by atoms with Gasteiger partial charge < -0.3 is 4.57 Å². The van der Waals surface area contributed by atoms with Crippen LogP contribution in [-0.2, 0) is 25.8 Å². The monoisotopic (exact) mass is 771 g/mol. The van der Waals surface area contributed by atoms with E-state index in [4.69, 9.17) is 0 Å². The standard InChI is InChI=1S/C59H49N/c1-2-60-56-35-25-41(24-32-51(43-15-7-4-8-16-43)52-33-29-46-28-27-44-19-12-20-45-30-34-53(52)59(46)58(44)45)37-54(56)55-39-48(31-36-57(55)60)47(26-23-40-13-5-3-6-14-40)38-49-21-11-18-42-17-9-10-22-50(42)49/h3-22,25,27-31,33-37,39,47,51H,2,23-24,26,32,38H2,1H3. The molecule has 0 N–H and O–H groups in total. The number of fused-ring (bicyclic) bond motifs is 4. The van der Waals surface area contributed by atoms with Crippen molar-refractivity contribution in [2.45, 2.75) is 57.4 Å². The van der Waals surface area contributed by atoms with Crippen molar-refractivity contribution in [1.29, 1.82) is 0 Å². The Labute approximate surface area is 352 Å². The molecule has 1 nitrogen and oxygen atoms in total. The molecule has 60 heavy (non-hydrogen) atoms. The fraction of sp³-hybridized carbons (Fsp3) is 0.153. The summed E-state index contributed by atoms with van der Waals surface area (Å²) in [6.07, 6.45) is 5.20. The lowest BCUT2D eigenvalue weighted by molar-refractivity contribution is 0.623. The topological polar surface area (TPSA) is 4.93 Å². The van der Waals surface area contributed by atoms with Gasteiger partial charge in [-0.1, -0.05) is 170 Å². The number of benzene rings is 10. The first-order valence-electron chi connectivity index (χ1n) is 22.0. The highest BCUT2D eigenvalue weighted by molar-refractivity contribution is 6.23. The highest BCUT2D eigenvalue weighted by Crippen LogP contribution is 2.42. The molecule has 0 saturated carbocycles. The van der Waals surface area contributed by atoms with Crippen molar-refractivity contribution in [2.24, 2.45) is 0 Å². The van der Waals surface area contributed by atoms with Gasteiger partial charge in [-0.15, -0.1) is 0 Å². The number of hydrogen-bond acceptors (Lipinski definition) is 0. The van der Waals surface area contributed by atoms with Crippen LogP contribution >= 0.6 is 0 Å².